The van der Waals surface area contributed by atoms with E-state index >= 15 is 0 Å². The molecule has 4 N–H and O–H groups in total. The van der Waals surface area contributed by atoms with E-state index in [1.807, 2.05) is 0 Å². The van der Waals surface area contributed by atoms with Gasteiger partial charge in [0.1, 0.15) is 11.6 Å². The lowest BCUT2D eigenvalue weighted by molar-refractivity contribution is -0.137. The lowest BCUT2D eigenvalue weighted by atomic mass is 10.2. The first-order chi connectivity index (χ1) is 9.27. The highest BCUT2D eigenvalue weighted by Crippen LogP contribution is 2.32. The number of alkyl halides is 3. The number of methoxy groups -OCH3 is 1. The quantitative estimate of drug-likeness (QED) is 0.532. The summed E-state index contributed by atoms with van der Waals surface area (Å²) in [6, 6.07) is 1.70. The molecule has 0 amide bonds. The average Bonchev–Trinajstić information content (AvgIpc) is 2.37. The molecule has 0 radical (unpaired) electrons. The summed E-state index contributed by atoms with van der Waals surface area (Å²) in [7, 11) is 2.93. The second-order valence-corrected chi connectivity index (χ2v) is 4.23. The SMILES string of the molecule is COCC(O)CN(C)c1cc(C(F)(F)F)cc(NN)n1. The van der Waals surface area contributed by atoms with E-state index in [2.05, 4.69) is 10.4 Å². The van der Waals surface area contributed by atoms with Gasteiger partial charge in [0.05, 0.1) is 18.3 Å². The van der Waals surface area contributed by atoms with E-state index in [4.69, 9.17) is 10.6 Å². The third-order valence-electron chi connectivity index (χ3n) is 2.52. The van der Waals surface area contributed by atoms with Crippen LogP contribution in [0.25, 0.3) is 0 Å². The van der Waals surface area contributed by atoms with Crippen molar-refractivity contribution in [2.45, 2.75) is 12.3 Å². The number of hydrogen-bond donors (Lipinski definition) is 3. The number of aliphatic hydroxyl groups excluding tert-OH is 1. The highest BCUT2D eigenvalue weighted by molar-refractivity contribution is 5.50. The van der Waals surface area contributed by atoms with Gasteiger partial charge in [-0.3, -0.25) is 0 Å². The molecule has 0 aliphatic carbocycles. The third kappa shape index (κ3) is 4.51. The van der Waals surface area contributed by atoms with E-state index in [0.717, 1.165) is 12.1 Å². The number of hydrogen-bond acceptors (Lipinski definition) is 6. The molecule has 1 atom stereocenters. The van der Waals surface area contributed by atoms with Crippen molar-refractivity contribution in [2.75, 3.05) is 37.6 Å². The number of halogens is 3. The molecular weight excluding hydrogens is 277 g/mol. The van der Waals surface area contributed by atoms with Gasteiger partial charge in [-0.15, -0.1) is 0 Å². The molecular formula is C11H17F3N4O2. The van der Waals surface area contributed by atoms with Gasteiger partial charge in [-0.2, -0.15) is 13.2 Å². The van der Waals surface area contributed by atoms with Crippen LogP contribution in [0.1, 0.15) is 5.56 Å². The van der Waals surface area contributed by atoms with Crippen LogP contribution in [0.3, 0.4) is 0 Å². The van der Waals surface area contributed by atoms with E-state index < -0.39 is 17.8 Å². The van der Waals surface area contributed by atoms with Crippen molar-refractivity contribution in [3.05, 3.63) is 17.7 Å². The maximum atomic E-state index is 12.7. The van der Waals surface area contributed by atoms with Gasteiger partial charge in [0.25, 0.3) is 0 Å². The van der Waals surface area contributed by atoms with Crippen molar-refractivity contribution in [3.63, 3.8) is 0 Å². The highest BCUT2D eigenvalue weighted by Gasteiger charge is 2.32. The maximum Gasteiger partial charge on any atom is 0.416 e. The van der Waals surface area contributed by atoms with Crippen LogP contribution in [-0.2, 0) is 10.9 Å². The number of rotatable bonds is 6. The Morgan fingerprint density at radius 2 is 2.15 bits per heavy atom. The molecule has 114 valence electrons. The Hall–Kier alpha value is -1.58. The summed E-state index contributed by atoms with van der Waals surface area (Å²) in [5, 5.41) is 9.58. The zero-order valence-electron chi connectivity index (χ0n) is 11.1. The number of ether oxygens (including phenoxy) is 1. The Balaban J connectivity index is 2.99. The number of aromatic nitrogens is 1. The zero-order valence-corrected chi connectivity index (χ0v) is 11.1. The number of nitrogens with one attached hydrogen (secondary N) is 1. The molecule has 0 aliphatic heterocycles. The molecule has 0 saturated carbocycles. The molecule has 6 nitrogen and oxygen atoms in total. The molecule has 9 heteroatoms. The minimum Gasteiger partial charge on any atom is -0.389 e. The molecule has 1 aromatic heterocycles. The number of pyridine rings is 1. The third-order valence-corrected chi connectivity index (χ3v) is 2.52. The summed E-state index contributed by atoms with van der Waals surface area (Å²) in [5.74, 6) is 5.05. The smallest absolute Gasteiger partial charge is 0.389 e. The summed E-state index contributed by atoms with van der Waals surface area (Å²) in [6.07, 6.45) is -5.34. The molecule has 1 unspecified atom stereocenters. The van der Waals surface area contributed by atoms with Gasteiger partial charge in [-0.05, 0) is 12.1 Å². The molecule has 0 spiro atoms. The number of nitrogen functional groups attached to an aromatic ring is 1. The van der Waals surface area contributed by atoms with E-state index in [1.54, 1.807) is 0 Å². The van der Waals surface area contributed by atoms with Crippen molar-refractivity contribution < 1.29 is 23.0 Å². The lowest BCUT2D eigenvalue weighted by Crippen LogP contribution is -2.32. The number of nitrogens with zero attached hydrogens (tertiary/aromatic N) is 2. The second kappa shape index (κ2) is 6.73. The Bertz CT molecular complexity index is 442. The van der Waals surface area contributed by atoms with Crippen LogP contribution in [-0.4, -0.2) is 43.5 Å². The van der Waals surface area contributed by atoms with Gasteiger partial charge in [-0.25, -0.2) is 10.8 Å². The van der Waals surface area contributed by atoms with E-state index in [-0.39, 0.29) is 24.8 Å². The van der Waals surface area contributed by atoms with E-state index in [9.17, 15) is 18.3 Å². The summed E-state index contributed by atoms with van der Waals surface area (Å²) >= 11 is 0. The van der Waals surface area contributed by atoms with Crippen LogP contribution < -0.4 is 16.2 Å². The van der Waals surface area contributed by atoms with Gasteiger partial charge in [0.15, 0.2) is 0 Å². The van der Waals surface area contributed by atoms with Crippen LogP contribution in [0.2, 0.25) is 0 Å². The average molecular weight is 294 g/mol. The topological polar surface area (TPSA) is 83.6 Å². The Labute approximate surface area is 114 Å². The fourth-order valence-corrected chi connectivity index (χ4v) is 1.60. The Morgan fingerprint density at radius 1 is 1.50 bits per heavy atom. The lowest BCUT2D eigenvalue weighted by Gasteiger charge is -2.23. The number of anilines is 2. The van der Waals surface area contributed by atoms with Crippen molar-refractivity contribution in [1.29, 1.82) is 0 Å². The minimum atomic E-state index is -4.50. The van der Waals surface area contributed by atoms with Crippen molar-refractivity contribution >= 4 is 11.6 Å². The Morgan fingerprint density at radius 3 is 2.65 bits per heavy atom. The molecule has 0 fully saturated rings. The van der Waals surface area contributed by atoms with Gasteiger partial charge in [0.2, 0.25) is 0 Å². The molecule has 0 bridgehead atoms. The summed E-state index contributed by atoms with van der Waals surface area (Å²) in [6.45, 7) is 0.150. The van der Waals surface area contributed by atoms with Crippen LogP contribution in [0, 0.1) is 0 Å². The molecule has 1 aromatic rings. The molecule has 1 rings (SSSR count). The van der Waals surface area contributed by atoms with Gasteiger partial charge >= 0.3 is 6.18 Å². The molecule has 20 heavy (non-hydrogen) atoms. The van der Waals surface area contributed by atoms with E-state index in [1.165, 1.54) is 19.1 Å². The van der Waals surface area contributed by atoms with Crippen molar-refractivity contribution in [1.82, 2.24) is 4.98 Å². The molecule has 0 aromatic carbocycles. The zero-order chi connectivity index (χ0) is 15.3. The summed E-state index contributed by atoms with van der Waals surface area (Å²) < 4.78 is 43.0. The minimum absolute atomic E-state index is 0.0444. The van der Waals surface area contributed by atoms with Gasteiger partial charge < -0.3 is 20.2 Å². The summed E-state index contributed by atoms with van der Waals surface area (Å²) in [4.78, 5) is 5.31. The first-order valence-corrected chi connectivity index (χ1v) is 5.72. The standard InChI is InChI=1S/C11H17F3N4O2/c1-18(5-8(19)6-20-2)10-4-7(11(12,13)14)3-9(16-10)17-15/h3-4,8,19H,5-6,15H2,1-2H3,(H,16,17). The highest BCUT2D eigenvalue weighted by atomic mass is 19.4. The fraction of sp³-hybridized carbons (Fsp3) is 0.545. The monoisotopic (exact) mass is 294 g/mol. The normalized spacial score (nSPS) is 13.2. The maximum absolute atomic E-state index is 12.7. The van der Waals surface area contributed by atoms with Crippen LogP contribution >= 0.6 is 0 Å². The molecule has 0 saturated heterocycles. The molecule has 1 heterocycles. The second-order valence-electron chi connectivity index (χ2n) is 4.23. The predicted molar refractivity (Wildman–Crippen MR) is 68.2 cm³/mol. The number of hydrazine groups is 1. The van der Waals surface area contributed by atoms with Crippen LogP contribution in [0.15, 0.2) is 12.1 Å². The number of aliphatic hydroxyl groups is 1. The van der Waals surface area contributed by atoms with Gasteiger partial charge in [0, 0.05) is 20.7 Å². The first-order valence-electron chi connectivity index (χ1n) is 5.72. The van der Waals surface area contributed by atoms with Crippen molar-refractivity contribution in [2.24, 2.45) is 5.84 Å². The van der Waals surface area contributed by atoms with Gasteiger partial charge in [-0.1, -0.05) is 0 Å². The number of nitrogens with two attached hydrogens (primary N) is 1. The first kappa shape index (κ1) is 16.5. The summed E-state index contributed by atoms with van der Waals surface area (Å²) in [5.41, 5.74) is 1.22. The largest absolute Gasteiger partial charge is 0.416 e. The number of likely N-dealkylation sites (N-methyl/N-ethyl adjacent to an activating group) is 1. The van der Waals surface area contributed by atoms with Crippen LogP contribution in [0.5, 0.6) is 0 Å². The molecule has 0 aliphatic rings. The fourth-order valence-electron chi connectivity index (χ4n) is 1.60. The van der Waals surface area contributed by atoms with E-state index in [0.29, 0.717) is 0 Å². The van der Waals surface area contributed by atoms with Crippen LogP contribution in [0.4, 0.5) is 24.8 Å². The Kier molecular flexibility index (Phi) is 5.54. The van der Waals surface area contributed by atoms with Crippen molar-refractivity contribution in [3.8, 4) is 0 Å². The predicted octanol–water partition coefficient (Wildman–Crippen LogP) is 0.830.